The number of carbonyl (C=O) groups is 1. The zero-order valence-corrected chi connectivity index (χ0v) is 24.7. The number of anilines is 2. The number of amides is 1. The van der Waals surface area contributed by atoms with Gasteiger partial charge in [0.1, 0.15) is 18.2 Å². The van der Waals surface area contributed by atoms with Gasteiger partial charge in [-0.25, -0.2) is 14.1 Å². The van der Waals surface area contributed by atoms with E-state index >= 15 is 4.39 Å². The van der Waals surface area contributed by atoms with E-state index in [0.717, 1.165) is 25.0 Å². The van der Waals surface area contributed by atoms with Gasteiger partial charge in [-0.2, -0.15) is 14.6 Å². The molecule has 232 valence electrons. The number of benzene rings is 1. The predicted molar refractivity (Wildman–Crippen MR) is 163 cm³/mol. The molecule has 0 saturated carbocycles. The number of aromatic nitrogens is 6. The van der Waals surface area contributed by atoms with Crippen LogP contribution in [0.5, 0.6) is 5.75 Å². The number of ether oxygens (including phenoxy) is 1. The first-order valence-corrected chi connectivity index (χ1v) is 14.6. The lowest BCUT2D eigenvalue weighted by atomic mass is 10.1. The van der Waals surface area contributed by atoms with Gasteiger partial charge < -0.3 is 30.8 Å². The zero-order chi connectivity index (χ0) is 30.8. The average molecular weight is 606 g/mol. The van der Waals surface area contributed by atoms with E-state index in [1.165, 1.54) is 10.6 Å². The second-order valence-corrected chi connectivity index (χ2v) is 11.1. The van der Waals surface area contributed by atoms with Gasteiger partial charge in [-0.3, -0.25) is 9.69 Å². The first-order valence-electron chi connectivity index (χ1n) is 14.6. The molecule has 6 rings (SSSR count). The average Bonchev–Trinajstić information content (AvgIpc) is 3.78. The number of nitrogens with zero attached hydrogens (tertiary/aromatic N) is 8. The van der Waals surface area contributed by atoms with Crippen LogP contribution in [-0.2, 0) is 11.3 Å². The molecule has 44 heavy (non-hydrogen) atoms. The number of fused-ring (bicyclic) bond motifs is 3. The lowest BCUT2D eigenvalue weighted by molar-refractivity contribution is -0.123. The minimum atomic E-state index is -0.567. The highest BCUT2D eigenvalue weighted by molar-refractivity contribution is 5.90. The van der Waals surface area contributed by atoms with Crippen LogP contribution in [0.15, 0.2) is 47.2 Å². The molecule has 5 N–H and O–H groups in total. The lowest BCUT2D eigenvalue weighted by Crippen LogP contribution is -2.47. The van der Waals surface area contributed by atoms with Crippen molar-refractivity contribution < 1.29 is 18.3 Å². The molecule has 15 heteroatoms. The molecule has 14 nitrogen and oxygen atoms in total. The Labute approximate surface area is 252 Å². The van der Waals surface area contributed by atoms with Crippen LogP contribution in [0.25, 0.3) is 28.3 Å². The van der Waals surface area contributed by atoms with Gasteiger partial charge in [-0.15, -0.1) is 5.10 Å². The summed E-state index contributed by atoms with van der Waals surface area (Å²) in [5.74, 6) is 1.07. The maximum absolute atomic E-state index is 15.0. The Hall–Kier alpha value is -4.76. The third-order valence-electron chi connectivity index (χ3n) is 7.79. The van der Waals surface area contributed by atoms with E-state index < -0.39 is 6.04 Å². The van der Waals surface area contributed by atoms with Crippen molar-refractivity contribution in [3.63, 3.8) is 0 Å². The Bertz CT molecular complexity index is 1740. The summed E-state index contributed by atoms with van der Waals surface area (Å²) in [6.45, 7) is 8.54. The third-order valence-corrected chi connectivity index (χ3v) is 7.79. The highest BCUT2D eigenvalue weighted by atomic mass is 19.1. The first kappa shape index (κ1) is 29.3. The van der Waals surface area contributed by atoms with E-state index in [1.54, 1.807) is 36.7 Å². The van der Waals surface area contributed by atoms with Crippen molar-refractivity contribution in [2.75, 3.05) is 56.5 Å². The predicted octanol–water partition coefficient (Wildman–Crippen LogP) is 1.76. The number of halogens is 1. The number of nitrogen functional groups attached to an aromatic ring is 1. The summed E-state index contributed by atoms with van der Waals surface area (Å²) < 4.78 is 29.4. The number of rotatable bonds is 11. The van der Waals surface area contributed by atoms with Gasteiger partial charge in [0.25, 0.3) is 0 Å². The second-order valence-electron chi connectivity index (χ2n) is 11.1. The van der Waals surface area contributed by atoms with Gasteiger partial charge in [0.15, 0.2) is 17.1 Å². The minimum absolute atomic E-state index is 0.0451. The maximum atomic E-state index is 15.0. The van der Waals surface area contributed by atoms with Crippen LogP contribution < -0.4 is 26.4 Å². The molecule has 0 bridgehead atoms. The standard InChI is InChI=1S/C29H36FN11O3/c1-18(2)24(31)28(42)33-7-15-43-19-5-6-22(21(30)16-19)39-11-8-38(9-12-39)10-13-40-26-20(17-34-40)27-35-25(23-4-3-14-44-23)37-41(27)29(32)36-26/h3-6,14,16-18,24H,7-13,15,31H2,1-2H3,(H2,32,36)(H,33,42)/t24-/m0/s1. The monoisotopic (exact) mass is 605 g/mol. The van der Waals surface area contributed by atoms with E-state index in [1.807, 2.05) is 23.4 Å². The molecule has 1 aliphatic heterocycles. The van der Waals surface area contributed by atoms with Gasteiger partial charge in [-0.05, 0) is 30.2 Å². The van der Waals surface area contributed by atoms with E-state index in [-0.39, 0.29) is 30.2 Å². The topological polar surface area (TPSA) is 171 Å². The van der Waals surface area contributed by atoms with Gasteiger partial charge in [0.05, 0.1) is 42.7 Å². The fraction of sp³-hybridized carbons (Fsp3) is 0.414. The molecule has 0 aliphatic carbocycles. The van der Waals surface area contributed by atoms with Gasteiger partial charge >= 0.3 is 0 Å². The Kier molecular flexibility index (Phi) is 8.30. The Morgan fingerprint density at radius 2 is 1.95 bits per heavy atom. The van der Waals surface area contributed by atoms with Crippen LogP contribution in [0.2, 0.25) is 0 Å². The normalized spacial score (nSPS) is 15.0. The molecule has 1 amide bonds. The van der Waals surface area contributed by atoms with Gasteiger partial charge in [0, 0.05) is 38.8 Å². The second kappa shape index (κ2) is 12.5. The minimum Gasteiger partial charge on any atom is -0.492 e. The molecule has 0 radical (unpaired) electrons. The maximum Gasteiger partial charge on any atom is 0.237 e. The summed E-state index contributed by atoms with van der Waals surface area (Å²) >= 11 is 0. The van der Waals surface area contributed by atoms with E-state index in [2.05, 4.69) is 30.4 Å². The molecule has 4 aromatic heterocycles. The Morgan fingerprint density at radius 3 is 2.68 bits per heavy atom. The van der Waals surface area contributed by atoms with Gasteiger partial charge in [0.2, 0.25) is 17.7 Å². The summed E-state index contributed by atoms with van der Waals surface area (Å²) in [5.41, 5.74) is 13.8. The van der Waals surface area contributed by atoms with Crippen molar-refractivity contribution in [1.29, 1.82) is 0 Å². The fourth-order valence-electron chi connectivity index (χ4n) is 5.18. The molecule has 0 spiro atoms. The number of hydrogen-bond acceptors (Lipinski definition) is 11. The highest BCUT2D eigenvalue weighted by Crippen LogP contribution is 2.26. The summed E-state index contributed by atoms with van der Waals surface area (Å²) in [7, 11) is 0. The van der Waals surface area contributed by atoms with Crippen LogP contribution in [0.4, 0.5) is 16.0 Å². The Morgan fingerprint density at radius 1 is 1.14 bits per heavy atom. The molecule has 1 aliphatic rings. The highest BCUT2D eigenvalue weighted by Gasteiger charge is 2.22. The molecule has 5 heterocycles. The van der Waals surface area contributed by atoms with Crippen LogP contribution in [-0.4, -0.2) is 92.1 Å². The fourth-order valence-corrected chi connectivity index (χ4v) is 5.18. The summed E-state index contributed by atoms with van der Waals surface area (Å²) in [5, 5.41) is 12.5. The summed E-state index contributed by atoms with van der Waals surface area (Å²) in [4.78, 5) is 25.4. The Balaban J connectivity index is 1.01. The number of nitrogens with one attached hydrogen (secondary N) is 1. The molecule has 1 fully saturated rings. The quantitative estimate of drug-likeness (QED) is 0.187. The van der Waals surface area contributed by atoms with Crippen molar-refractivity contribution >= 4 is 34.2 Å². The third kappa shape index (κ3) is 6.01. The lowest BCUT2D eigenvalue weighted by Gasteiger charge is -2.36. The molecular weight excluding hydrogens is 569 g/mol. The van der Waals surface area contributed by atoms with Crippen molar-refractivity contribution in [3.05, 3.63) is 48.6 Å². The number of carbonyl (C=O) groups excluding carboxylic acids is 1. The van der Waals surface area contributed by atoms with E-state index in [9.17, 15) is 4.79 Å². The summed E-state index contributed by atoms with van der Waals surface area (Å²) in [6, 6.07) is 7.86. The van der Waals surface area contributed by atoms with Crippen LogP contribution in [0.1, 0.15) is 13.8 Å². The summed E-state index contributed by atoms with van der Waals surface area (Å²) in [6.07, 6.45) is 3.29. The van der Waals surface area contributed by atoms with Crippen LogP contribution in [0, 0.1) is 11.7 Å². The van der Waals surface area contributed by atoms with Crippen LogP contribution in [0.3, 0.4) is 0 Å². The van der Waals surface area contributed by atoms with Crippen molar-refractivity contribution in [3.8, 4) is 17.3 Å². The van der Waals surface area contributed by atoms with Crippen molar-refractivity contribution in [2.45, 2.75) is 26.4 Å². The molecule has 1 atom stereocenters. The zero-order valence-electron chi connectivity index (χ0n) is 24.7. The van der Waals surface area contributed by atoms with Crippen molar-refractivity contribution in [1.82, 2.24) is 39.6 Å². The molecule has 1 aromatic carbocycles. The van der Waals surface area contributed by atoms with E-state index in [4.69, 9.17) is 20.6 Å². The smallest absolute Gasteiger partial charge is 0.237 e. The van der Waals surface area contributed by atoms with E-state index in [0.29, 0.717) is 60.5 Å². The molecule has 1 saturated heterocycles. The largest absolute Gasteiger partial charge is 0.492 e. The molecule has 5 aromatic rings. The van der Waals surface area contributed by atoms with Crippen molar-refractivity contribution in [2.24, 2.45) is 11.7 Å². The SMILES string of the molecule is CC(C)[C@H](N)C(=O)NCCOc1ccc(N2CCN(CCn3ncc4c3nc(N)n3nc(-c5ccco5)nc43)CC2)c(F)c1. The number of piperazine rings is 1. The number of furan rings is 1. The van der Waals surface area contributed by atoms with Gasteiger partial charge in [-0.1, -0.05) is 13.8 Å². The van der Waals surface area contributed by atoms with Crippen LogP contribution >= 0.6 is 0 Å². The molecule has 0 unspecified atom stereocenters. The number of hydrogen-bond donors (Lipinski definition) is 3. The molecular formula is C29H36FN11O3. The first-order chi connectivity index (χ1) is 21.3. The number of nitrogens with two attached hydrogens (primary N) is 2.